The van der Waals surface area contributed by atoms with Crippen LogP contribution in [0.15, 0.2) is 35.1 Å². The van der Waals surface area contributed by atoms with Gasteiger partial charge in [-0.05, 0) is 54.6 Å². The zero-order valence-electron chi connectivity index (χ0n) is 20.4. The number of alkyl halides is 3. The van der Waals surface area contributed by atoms with Gasteiger partial charge in [0.15, 0.2) is 5.65 Å². The van der Waals surface area contributed by atoms with Crippen LogP contribution < -0.4 is 11.4 Å². The Balaban J connectivity index is 1.66. The lowest BCUT2D eigenvalue weighted by Crippen LogP contribution is -2.28. The molecule has 3 heterocycles. The van der Waals surface area contributed by atoms with E-state index < -0.39 is 12.2 Å². The maximum absolute atomic E-state index is 12.8. The lowest BCUT2D eigenvalue weighted by Gasteiger charge is -2.21. The zero-order chi connectivity index (χ0) is 25.5. The monoisotopic (exact) mass is 485 g/mol. The number of rotatable bonds is 4. The van der Waals surface area contributed by atoms with E-state index in [1.807, 2.05) is 29.2 Å². The van der Waals surface area contributed by atoms with Crippen molar-refractivity contribution in [1.29, 1.82) is 0 Å². The second kappa shape index (κ2) is 9.08. The molecule has 1 aliphatic heterocycles. The maximum atomic E-state index is 12.8. The van der Waals surface area contributed by atoms with Gasteiger partial charge < -0.3 is 5.73 Å². The summed E-state index contributed by atoms with van der Waals surface area (Å²) in [6.45, 7) is 7.94. The molecule has 0 bridgehead atoms. The summed E-state index contributed by atoms with van der Waals surface area (Å²) in [5, 5.41) is 0. The molecular weight excluding hydrogens is 455 g/mol. The smallest absolute Gasteiger partial charge is 0.398 e. The highest BCUT2D eigenvalue weighted by molar-refractivity contribution is 5.80. The average Bonchev–Trinajstić information content (AvgIpc) is 3.30. The Morgan fingerprint density at radius 1 is 1.17 bits per heavy atom. The Hall–Kier alpha value is -3.25. The summed E-state index contributed by atoms with van der Waals surface area (Å²) in [6, 6.07) is 8.89. The van der Waals surface area contributed by atoms with E-state index >= 15 is 0 Å². The normalized spacial score (nSPS) is 17.1. The number of likely N-dealkylation sites (tertiary alicyclic amines) is 1. The number of aryl methyl sites for hydroxylation is 1. The van der Waals surface area contributed by atoms with E-state index in [-0.39, 0.29) is 11.1 Å². The van der Waals surface area contributed by atoms with Crippen molar-refractivity contribution >= 4 is 16.9 Å². The number of nitrogens with zero attached hydrogens (tertiary/aromatic N) is 4. The predicted octanol–water partition coefficient (Wildman–Crippen LogP) is 4.56. The molecule has 6 nitrogen and oxygen atoms in total. The van der Waals surface area contributed by atoms with E-state index in [4.69, 9.17) is 10.7 Å². The Morgan fingerprint density at radius 2 is 1.91 bits per heavy atom. The molecule has 0 amide bonds. The number of hydrogen-bond acceptors (Lipinski definition) is 4. The van der Waals surface area contributed by atoms with Gasteiger partial charge in [-0.2, -0.15) is 13.2 Å². The number of pyridine rings is 1. The SMILES string of the molecule is Cn1c(=O)n(CC(C)(C)C)c2ccc(-c3cc(CN4CCCC4C#CC(F)(F)F)ccc3N)nc21. The molecule has 2 aromatic heterocycles. The molecule has 1 unspecified atom stereocenters. The molecule has 3 aromatic rings. The Morgan fingerprint density at radius 3 is 2.60 bits per heavy atom. The lowest BCUT2D eigenvalue weighted by atomic mass is 9.97. The zero-order valence-corrected chi connectivity index (χ0v) is 20.4. The Bertz CT molecular complexity index is 1370. The lowest BCUT2D eigenvalue weighted by molar-refractivity contribution is -0.0698. The number of fused-ring (bicyclic) bond motifs is 1. The van der Waals surface area contributed by atoms with Gasteiger partial charge in [-0.15, -0.1) is 0 Å². The third kappa shape index (κ3) is 5.54. The topological polar surface area (TPSA) is 69.1 Å². The quantitative estimate of drug-likeness (QED) is 0.435. The highest BCUT2D eigenvalue weighted by atomic mass is 19.4. The summed E-state index contributed by atoms with van der Waals surface area (Å²) in [4.78, 5) is 19.6. The molecule has 1 aliphatic rings. The van der Waals surface area contributed by atoms with Gasteiger partial charge >= 0.3 is 11.9 Å². The van der Waals surface area contributed by atoms with Crippen LogP contribution >= 0.6 is 0 Å². The van der Waals surface area contributed by atoms with E-state index in [9.17, 15) is 18.0 Å². The Labute approximate surface area is 202 Å². The first-order valence-corrected chi connectivity index (χ1v) is 11.6. The Kier molecular flexibility index (Phi) is 6.45. The first-order chi connectivity index (χ1) is 16.3. The molecule has 35 heavy (non-hydrogen) atoms. The van der Waals surface area contributed by atoms with E-state index in [1.54, 1.807) is 22.2 Å². The van der Waals surface area contributed by atoms with E-state index in [0.717, 1.165) is 23.1 Å². The second-order valence-corrected chi connectivity index (χ2v) is 10.3. The van der Waals surface area contributed by atoms with Crippen LogP contribution in [0.2, 0.25) is 0 Å². The van der Waals surface area contributed by atoms with Crippen LogP contribution in [0.5, 0.6) is 0 Å². The molecule has 2 N–H and O–H groups in total. The largest absolute Gasteiger partial charge is 0.457 e. The van der Waals surface area contributed by atoms with E-state index in [2.05, 4.69) is 26.7 Å². The molecule has 0 saturated carbocycles. The number of hydrogen-bond donors (Lipinski definition) is 1. The average molecular weight is 486 g/mol. The van der Waals surface area contributed by atoms with Gasteiger partial charge in [0.05, 0.1) is 17.3 Å². The second-order valence-electron chi connectivity index (χ2n) is 10.3. The van der Waals surface area contributed by atoms with Gasteiger partial charge in [0.1, 0.15) is 0 Å². The minimum atomic E-state index is -4.49. The van der Waals surface area contributed by atoms with Crippen molar-refractivity contribution in [2.24, 2.45) is 12.5 Å². The number of halogens is 3. The van der Waals surface area contributed by atoms with Crippen molar-refractivity contribution < 1.29 is 13.2 Å². The van der Waals surface area contributed by atoms with Crippen molar-refractivity contribution in [1.82, 2.24) is 19.0 Å². The van der Waals surface area contributed by atoms with E-state index in [0.29, 0.717) is 43.1 Å². The number of imidazole rings is 1. The summed E-state index contributed by atoms with van der Waals surface area (Å²) < 4.78 is 41.0. The molecule has 1 saturated heterocycles. The first kappa shape index (κ1) is 24.9. The molecule has 0 aliphatic carbocycles. The van der Waals surface area contributed by atoms with Gasteiger partial charge in [0, 0.05) is 37.3 Å². The summed E-state index contributed by atoms with van der Waals surface area (Å²) >= 11 is 0. The van der Waals surface area contributed by atoms with Crippen molar-refractivity contribution in [2.45, 2.75) is 58.9 Å². The third-order valence-corrected chi connectivity index (χ3v) is 6.14. The highest BCUT2D eigenvalue weighted by Gasteiger charge is 2.27. The van der Waals surface area contributed by atoms with Crippen molar-refractivity contribution in [3.8, 4) is 23.1 Å². The van der Waals surface area contributed by atoms with Crippen molar-refractivity contribution in [2.75, 3.05) is 12.3 Å². The van der Waals surface area contributed by atoms with Crippen LogP contribution in [0, 0.1) is 17.3 Å². The third-order valence-electron chi connectivity index (χ3n) is 6.14. The standard InChI is InChI=1S/C26H30F3N5O/c1-25(2,3)16-34-22-10-9-21(31-23(22)32(4)24(34)35)19-14-17(7-8-20(19)30)15-33-13-5-6-18(33)11-12-26(27,28)29/h7-10,14,18H,5-6,13,15-16,30H2,1-4H3. The number of aromatic nitrogens is 3. The molecule has 186 valence electrons. The molecule has 0 radical (unpaired) electrons. The molecule has 0 spiro atoms. The maximum Gasteiger partial charge on any atom is 0.457 e. The molecular formula is C26H30F3N5O. The molecule has 9 heteroatoms. The predicted molar refractivity (Wildman–Crippen MR) is 132 cm³/mol. The fourth-order valence-electron chi connectivity index (χ4n) is 4.55. The van der Waals surface area contributed by atoms with Gasteiger partial charge in [0.2, 0.25) is 0 Å². The molecule has 1 fully saturated rings. The fourth-order valence-corrected chi connectivity index (χ4v) is 4.55. The van der Waals surface area contributed by atoms with Crippen LogP contribution in [0.3, 0.4) is 0 Å². The van der Waals surface area contributed by atoms with Gasteiger partial charge in [-0.1, -0.05) is 32.8 Å². The van der Waals surface area contributed by atoms with E-state index in [1.165, 1.54) is 5.92 Å². The summed E-state index contributed by atoms with van der Waals surface area (Å²) in [5.41, 5.74) is 10.2. The number of nitrogens with two attached hydrogens (primary N) is 1. The van der Waals surface area contributed by atoms with Crippen LogP contribution in [0.25, 0.3) is 22.4 Å². The summed E-state index contributed by atoms with van der Waals surface area (Å²) in [7, 11) is 1.70. The molecule has 1 atom stereocenters. The fraction of sp³-hybridized carbons (Fsp3) is 0.462. The van der Waals surface area contributed by atoms with Crippen LogP contribution in [0.1, 0.15) is 39.2 Å². The number of benzene rings is 1. The number of nitrogen functional groups attached to an aromatic ring is 1. The first-order valence-electron chi connectivity index (χ1n) is 11.6. The van der Waals surface area contributed by atoms with Crippen molar-refractivity contribution in [3.05, 3.63) is 46.4 Å². The molecule has 1 aromatic carbocycles. The highest BCUT2D eigenvalue weighted by Crippen LogP contribution is 2.29. The minimum Gasteiger partial charge on any atom is -0.398 e. The van der Waals surface area contributed by atoms with Crippen LogP contribution in [-0.2, 0) is 20.1 Å². The van der Waals surface area contributed by atoms with Crippen LogP contribution in [-0.4, -0.2) is 37.8 Å². The van der Waals surface area contributed by atoms with Gasteiger partial charge in [-0.25, -0.2) is 9.78 Å². The minimum absolute atomic E-state index is 0.0759. The molecule has 4 rings (SSSR count). The summed E-state index contributed by atoms with van der Waals surface area (Å²) in [6.07, 6.45) is -3.07. The van der Waals surface area contributed by atoms with Crippen LogP contribution in [0.4, 0.5) is 18.9 Å². The van der Waals surface area contributed by atoms with Gasteiger partial charge in [-0.3, -0.25) is 14.0 Å². The number of anilines is 1. The summed E-state index contributed by atoms with van der Waals surface area (Å²) in [5.74, 6) is 3.80. The van der Waals surface area contributed by atoms with Crippen molar-refractivity contribution in [3.63, 3.8) is 0 Å². The van der Waals surface area contributed by atoms with Gasteiger partial charge in [0.25, 0.3) is 0 Å².